The fourth-order valence-corrected chi connectivity index (χ4v) is 6.16. The Morgan fingerprint density at radius 2 is 1.80 bits per heavy atom. The molecule has 0 radical (unpaired) electrons. The van der Waals surface area contributed by atoms with Crippen molar-refractivity contribution in [3.63, 3.8) is 0 Å². The van der Waals surface area contributed by atoms with E-state index in [-0.39, 0.29) is 23.0 Å². The van der Waals surface area contributed by atoms with E-state index in [1.165, 1.54) is 0 Å². The van der Waals surface area contributed by atoms with Gasteiger partial charge < -0.3 is 4.90 Å². The molecule has 2 fully saturated rings. The van der Waals surface area contributed by atoms with Gasteiger partial charge in [-0.25, -0.2) is 8.42 Å². The molecule has 138 valence electrons. The van der Waals surface area contributed by atoms with Gasteiger partial charge in [-0.1, -0.05) is 32.0 Å². The van der Waals surface area contributed by atoms with E-state index >= 15 is 0 Å². The first-order chi connectivity index (χ1) is 11.9. The predicted molar refractivity (Wildman–Crippen MR) is 99.4 cm³/mol. The van der Waals surface area contributed by atoms with Gasteiger partial charge in [0.05, 0.1) is 11.0 Å². The van der Waals surface area contributed by atoms with Crippen molar-refractivity contribution in [3.05, 3.63) is 35.9 Å². The Hall–Kier alpha value is -1.40. The maximum atomic E-state index is 12.7. The smallest absolute Gasteiger partial charge is 0.253 e. The van der Waals surface area contributed by atoms with Crippen LogP contribution >= 0.6 is 0 Å². The molecule has 2 saturated heterocycles. The topological polar surface area (TPSA) is 57.7 Å². The minimum absolute atomic E-state index is 0.00653. The minimum Gasteiger partial charge on any atom is -0.339 e. The van der Waals surface area contributed by atoms with Crippen LogP contribution < -0.4 is 0 Å². The zero-order chi connectivity index (χ0) is 18.0. The van der Waals surface area contributed by atoms with Gasteiger partial charge in [0.1, 0.15) is 0 Å². The number of hydrogen-bond donors (Lipinski definition) is 0. The van der Waals surface area contributed by atoms with E-state index in [0.29, 0.717) is 37.5 Å². The number of benzene rings is 1. The van der Waals surface area contributed by atoms with Crippen LogP contribution in [0, 0.1) is 5.92 Å². The van der Waals surface area contributed by atoms with Crippen LogP contribution in [-0.2, 0) is 9.84 Å². The number of fused-ring (bicyclic) bond motifs is 1. The Kier molecular flexibility index (Phi) is 5.49. The lowest BCUT2D eigenvalue weighted by atomic mass is 10.0. The molecule has 0 spiro atoms. The monoisotopic (exact) mass is 364 g/mol. The zero-order valence-electron chi connectivity index (χ0n) is 15.1. The van der Waals surface area contributed by atoms with Gasteiger partial charge >= 0.3 is 0 Å². The van der Waals surface area contributed by atoms with Crippen LogP contribution in [0.3, 0.4) is 0 Å². The van der Waals surface area contributed by atoms with E-state index in [9.17, 15) is 13.2 Å². The molecule has 3 rings (SSSR count). The number of carbonyl (C=O) groups excluding carboxylic acids is 1. The summed E-state index contributed by atoms with van der Waals surface area (Å²) in [6.45, 7) is 7.01. The molecule has 2 atom stereocenters. The Morgan fingerprint density at radius 3 is 2.48 bits per heavy atom. The second-order valence-corrected chi connectivity index (χ2v) is 9.94. The third-order valence-electron chi connectivity index (χ3n) is 5.31. The van der Waals surface area contributed by atoms with Gasteiger partial charge in [0.25, 0.3) is 5.91 Å². The highest BCUT2D eigenvalue weighted by molar-refractivity contribution is 7.92. The minimum atomic E-state index is -3.07. The summed E-state index contributed by atoms with van der Waals surface area (Å²) in [6, 6.07) is 9.29. The molecule has 0 unspecified atom stereocenters. The molecule has 0 aliphatic carbocycles. The lowest BCUT2D eigenvalue weighted by molar-refractivity contribution is 0.0756. The number of rotatable bonds is 3. The quantitative estimate of drug-likeness (QED) is 0.824. The fourth-order valence-electron chi connectivity index (χ4n) is 4.12. The van der Waals surface area contributed by atoms with Crippen molar-refractivity contribution >= 4 is 15.7 Å². The second-order valence-electron chi connectivity index (χ2n) is 7.60. The Bertz CT molecular complexity index is 703. The van der Waals surface area contributed by atoms with Gasteiger partial charge in [-0.15, -0.1) is 0 Å². The second kappa shape index (κ2) is 7.46. The van der Waals surface area contributed by atoms with E-state index in [1.54, 1.807) is 0 Å². The molecular formula is C19H28N2O3S. The van der Waals surface area contributed by atoms with Crippen molar-refractivity contribution in [3.8, 4) is 0 Å². The first kappa shape index (κ1) is 18.4. The number of carbonyl (C=O) groups is 1. The molecular weight excluding hydrogens is 336 g/mol. The summed E-state index contributed by atoms with van der Waals surface area (Å²) in [5.41, 5.74) is 0.675. The molecule has 25 heavy (non-hydrogen) atoms. The molecule has 0 saturated carbocycles. The fraction of sp³-hybridized carbons (Fsp3) is 0.632. The summed E-state index contributed by atoms with van der Waals surface area (Å²) in [5.74, 6) is 0.756. The number of likely N-dealkylation sites (tertiary alicyclic amines) is 1. The maximum absolute atomic E-state index is 12.7. The molecule has 2 heterocycles. The van der Waals surface area contributed by atoms with Crippen LogP contribution in [0.4, 0.5) is 0 Å². The van der Waals surface area contributed by atoms with E-state index in [0.717, 1.165) is 13.0 Å². The van der Waals surface area contributed by atoms with Crippen LogP contribution in [0.1, 0.15) is 37.0 Å². The summed E-state index contributed by atoms with van der Waals surface area (Å²) in [6.07, 6.45) is 1.27. The van der Waals surface area contributed by atoms with Gasteiger partial charge in [-0.2, -0.15) is 0 Å². The van der Waals surface area contributed by atoms with Crippen molar-refractivity contribution in [1.29, 1.82) is 0 Å². The number of nitrogens with zero attached hydrogens (tertiary/aromatic N) is 2. The van der Waals surface area contributed by atoms with Gasteiger partial charge in [-0.05, 0) is 30.9 Å². The van der Waals surface area contributed by atoms with Crippen LogP contribution in [0.25, 0.3) is 0 Å². The summed E-state index contributed by atoms with van der Waals surface area (Å²) in [4.78, 5) is 16.9. The largest absolute Gasteiger partial charge is 0.339 e. The van der Waals surface area contributed by atoms with Crippen LogP contribution in [-0.4, -0.2) is 67.3 Å². The average Bonchev–Trinajstić information content (AvgIpc) is 2.81. The van der Waals surface area contributed by atoms with Crippen molar-refractivity contribution < 1.29 is 13.2 Å². The molecule has 6 heteroatoms. The lowest BCUT2D eigenvalue weighted by Gasteiger charge is -2.40. The van der Waals surface area contributed by atoms with Crippen molar-refractivity contribution in [2.24, 2.45) is 5.92 Å². The van der Waals surface area contributed by atoms with Gasteiger partial charge in [-0.3, -0.25) is 9.69 Å². The van der Waals surface area contributed by atoms with E-state index < -0.39 is 9.84 Å². The summed E-state index contributed by atoms with van der Waals surface area (Å²) in [5, 5.41) is -0.339. The van der Waals surface area contributed by atoms with Crippen molar-refractivity contribution in [2.75, 3.05) is 31.9 Å². The van der Waals surface area contributed by atoms with Gasteiger partial charge in [0, 0.05) is 37.8 Å². The highest BCUT2D eigenvalue weighted by Gasteiger charge is 2.43. The SMILES string of the molecule is CC(C)CN1CCS(=O)(=O)[C@@H]2CCN(C(=O)c3ccccc3)CC[C@@H]21. The van der Waals surface area contributed by atoms with Crippen molar-refractivity contribution in [1.82, 2.24) is 9.80 Å². The third-order valence-corrected chi connectivity index (χ3v) is 7.53. The normalized spacial score (nSPS) is 26.9. The number of sulfone groups is 1. The average molecular weight is 365 g/mol. The molecule has 1 aromatic carbocycles. The van der Waals surface area contributed by atoms with Crippen LogP contribution in [0.2, 0.25) is 0 Å². The van der Waals surface area contributed by atoms with Crippen LogP contribution in [0.15, 0.2) is 30.3 Å². The maximum Gasteiger partial charge on any atom is 0.253 e. The molecule has 2 aliphatic heterocycles. The van der Waals surface area contributed by atoms with Gasteiger partial charge in [0.2, 0.25) is 0 Å². The van der Waals surface area contributed by atoms with E-state index in [2.05, 4.69) is 18.7 Å². The Balaban J connectivity index is 1.78. The van der Waals surface area contributed by atoms with E-state index in [1.807, 2.05) is 35.2 Å². The number of amides is 1. The molecule has 0 N–H and O–H groups in total. The summed E-state index contributed by atoms with van der Waals surface area (Å²) < 4.78 is 25.2. The molecule has 0 bridgehead atoms. The number of hydrogen-bond acceptors (Lipinski definition) is 4. The Labute approximate surface area is 150 Å². The zero-order valence-corrected chi connectivity index (χ0v) is 15.9. The predicted octanol–water partition coefficient (Wildman–Crippen LogP) is 2.05. The Morgan fingerprint density at radius 1 is 1.12 bits per heavy atom. The highest BCUT2D eigenvalue weighted by Crippen LogP contribution is 2.29. The first-order valence-electron chi connectivity index (χ1n) is 9.18. The van der Waals surface area contributed by atoms with E-state index in [4.69, 9.17) is 0 Å². The summed E-state index contributed by atoms with van der Waals surface area (Å²) in [7, 11) is -3.07. The third kappa shape index (κ3) is 4.06. The molecule has 1 aromatic rings. The first-order valence-corrected chi connectivity index (χ1v) is 10.9. The molecule has 0 aromatic heterocycles. The molecule has 5 nitrogen and oxygen atoms in total. The standard InChI is InChI=1S/C19H28N2O3S/c1-15(2)14-21-12-13-25(23,24)18-9-11-20(10-8-17(18)21)19(22)16-6-4-3-5-7-16/h3-7,15,17-18H,8-14H2,1-2H3/t17-,18+/m0/s1. The molecule has 2 aliphatic rings. The van der Waals surface area contributed by atoms with Crippen molar-refractivity contribution in [2.45, 2.75) is 38.0 Å². The summed E-state index contributed by atoms with van der Waals surface area (Å²) >= 11 is 0. The molecule has 1 amide bonds. The lowest BCUT2D eigenvalue weighted by Crippen LogP contribution is -2.55. The van der Waals surface area contributed by atoms with Gasteiger partial charge in [0.15, 0.2) is 9.84 Å². The highest BCUT2D eigenvalue weighted by atomic mass is 32.2. The van der Waals surface area contributed by atoms with Crippen LogP contribution in [0.5, 0.6) is 0 Å².